The Morgan fingerprint density at radius 1 is 1.14 bits per heavy atom. The van der Waals surface area contributed by atoms with Gasteiger partial charge in [-0.05, 0) is 63.5 Å². The standard InChI is InChI=1S/C16H28N2O2.ClH/c19-15(13-14-3-1-2-12-20-14)18-10-6-16(7-11-18)4-8-17-9-5-16;/h14,17H,1-13H2;1H. The van der Waals surface area contributed by atoms with Crippen molar-refractivity contribution in [3.8, 4) is 0 Å². The quantitative estimate of drug-likeness (QED) is 0.850. The third kappa shape index (κ3) is 4.33. The molecule has 5 heteroatoms. The number of carbonyl (C=O) groups excluding carboxylic acids is 1. The van der Waals surface area contributed by atoms with Crippen LogP contribution in [-0.4, -0.2) is 49.7 Å². The third-order valence-electron chi connectivity index (χ3n) is 5.52. The Morgan fingerprint density at radius 3 is 2.48 bits per heavy atom. The second kappa shape index (κ2) is 7.80. The van der Waals surface area contributed by atoms with E-state index in [1.54, 1.807) is 0 Å². The van der Waals surface area contributed by atoms with Gasteiger partial charge in [0, 0.05) is 19.7 Å². The lowest BCUT2D eigenvalue weighted by molar-refractivity contribution is -0.137. The largest absolute Gasteiger partial charge is 0.378 e. The van der Waals surface area contributed by atoms with Crippen molar-refractivity contribution in [2.24, 2.45) is 5.41 Å². The van der Waals surface area contributed by atoms with Gasteiger partial charge in [0.2, 0.25) is 5.91 Å². The number of likely N-dealkylation sites (tertiary alicyclic amines) is 1. The lowest BCUT2D eigenvalue weighted by atomic mass is 9.71. The normalized spacial score (nSPS) is 29.0. The molecule has 1 spiro atoms. The molecule has 0 aliphatic carbocycles. The first-order valence-electron chi connectivity index (χ1n) is 8.38. The molecule has 3 aliphatic heterocycles. The molecule has 0 aromatic rings. The number of nitrogens with zero attached hydrogens (tertiary/aromatic N) is 1. The summed E-state index contributed by atoms with van der Waals surface area (Å²) in [6.07, 6.45) is 9.22. The molecule has 0 radical (unpaired) electrons. The molecule has 21 heavy (non-hydrogen) atoms. The summed E-state index contributed by atoms with van der Waals surface area (Å²) in [6, 6.07) is 0. The summed E-state index contributed by atoms with van der Waals surface area (Å²) in [5, 5.41) is 3.45. The Morgan fingerprint density at radius 2 is 1.86 bits per heavy atom. The fraction of sp³-hybridized carbons (Fsp3) is 0.938. The van der Waals surface area contributed by atoms with E-state index in [1.165, 1.54) is 32.1 Å². The molecule has 1 amide bonds. The van der Waals surface area contributed by atoms with Gasteiger partial charge in [0.05, 0.1) is 12.5 Å². The molecule has 0 aromatic heterocycles. The monoisotopic (exact) mass is 316 g/mol. The molecule has 122 valence electrons. The highest BCUT2D eigenvalue weighted by Gasteiger charge is 2.36. The highest BCUT2D eigenvalue weighted by atomic mass is 35.5. The highest BCUT2D eigenvalue weighted by Crippen LogP contribution is 2.39. The van der Waals surface area contributed by atoms with Crippen LogP contribution >= 0.6 is 12.4 Å². The summed E-state index contributed by atoms with van der Waals surface area (Å²) < 4.78 is 5.69. The first kappa shape index (κ1) is 17.0. The number of hydrogen-bond acceptors (Lipinski definition) is 3. The van der Waals surface area contributed by atoms with Crippen LogP contribution in [0.5, 0.6) is 0 Å². The number of nitrogens with one attached hydrogen (secondary N) is 1. The summed E-state index contributed by atoms with van der Waals surface area (Å²) in [6.45, 7) is 5.08. The first-order chi connectivity index (χ1) is 9.77. The number of ether oxygens (including phenoxy) is 1. The number of rotatable bonds is 2. The third-order valence-corrected chi connectivity index (χ3v) is 5.52. The fourth-order valence-electron chi connectivity index (χ4n) is 3.98. The average molecular weight is 317 g/mol. The maximum Gasteiger partial charge on any atom is 0.225 e. The van der Waals surface area contributed by atoms with E-state index >= 15 is 0 Å². The Bertz CT molecular complexity index is 329. The number of hydrogen-bond donors (Lipinski definition) is 1. The molecule has 4 nitrogen and oxygen atoms in total. The molecule has 3 rings (SSSR count). The van der Waals surface area contributed by atoms with Crippen LogP contribution in [0.1, 0.15) is 51.4 Å². The van der Waals surface area contributed by atoms with Crippen molar-refractivity contribution >= 4 is 18.3 Å². The Kier molecular flexibility index (Phi) is 6.33. The zero-order valence-corrected chi connectivity index (χ0v) is 13.8. The summed E-state index contributed by atoms with van der Waals surface area (Å²) in [5.74, 6) is 0.320. The first-order valence-corrected chi connectivity index (χ1v) is 8.38. The number of piperidine rings is 2. The summed E-state index contributed by atoms with van der Waals surface area (Å²) >= 11 is 0. The van der Waals surface area contributed by atoms with E-state index in [2.05, 4.69) is 10.2 Å². The minimum Gasteiger partial charge on any atom is -0.378 e. The van der Waals surface area contributed by atoms with E-state index < -0.39 is 0 Å². The average Bonchev–Trinajstić information content (AvgIpc) is 2.50. The van der Waals surface area contributed by atoms with Crippen molar-refractivity contribution in [2.75, 3.05) is 32.8 Å². The maximum atomic E-state index is 12.4. The smallest absolute Gasteiger partial charge is 0.225 e. The minimum absolute atomic E-state index is 0. The molecule has 1 unspecified atom stereocenters. The van der Waals surface area contributed by atoms with E-state index in [0.29, 0.717) is 17.7 Å². The van der Waals surface area contributed by atoms with Crippen molar-refractivity contribution in [2.45, 2.75) is 57.5 Å². The van der Waals surface area contributed by atoms with Gasteiger partial charge in [-0.2, -0.15) is 0 Å². The highest BCUT2D eigenvalue weighted by molar-refractivity contribution is 5.85. The molecule has 3 fully saturated rings. The summed E-state index contributed by atoms with van der Waals surface area (Å²) in [7, 11) is 0. The van der Waals surface area contributed by atoms with E-state index in [-0.39, 0.29) is 18.5 Å². The molecular formula is C16H29ClN2O2. The predicted molar refractivity (Wildman–Crippen MR) is 85.8 cm³/mol. The molecule has 3 saturated heterocycles. The number of carbonyl (C=O) groups is 1. The maximum absolute atomic E-state index is 12.4. The molecule has 0 bridgehead atoms. The zero-order valence-electron chi connectivity index (χ0n) is 12.9. The van der Waals surface area contributed by atoms with Gasteiger partial charge in [0.25, 0.3) is 0 Å². The van der Waals surface area contributed by atoms with Crippen LogP contribution in [0.4, 0.5) is 0 Å². The van der Waals surface area contributed by atoms with Crippen LogP contribution < -0.4 is 5.32 Å². The minimum atomic E-state index is 0. The number of halogens is 1. The fourth-order valence-corrected chi connectivity index (χ4v) is 3.98. The summed E-state index contributed by atoms with van der Waals surface area (Å²) in [5.41, 5.74) is 0.531. The summed E-state index contributed by atoms with van der Waals surface area (Å²) in [4.78, 5) is 14.5. The van der Waals surface area contributed by atoms with E-state index in [0.717, 1.165) is 45.6 Å². The second-order valence-corrected chi connectivity index (χ2v) is 6.82. The van der Waals surface area contributed by atoms with E-state index in [9.17, 15) is 4.79 Å². The van der Waals surface area contributed by atoms with Crippen LogP contribution in [0.2, 0.25) is 0 Å². The van der Waals surface area contributed by atoms with Gasteiger partial charge in [-0.25, -0.2) is 0 Å². The van der Waals surface area contributed by atoms with E-state index in [1.807, 2.05) is 0 Å². The zero-order chi connectivity index (χ0) is 13.8. The van der Waals surface area contributed by atoms with Crippen molar-refractivity contribution in [3.05, 3.63) is 0 Å². The lowest BCUT2D eigenvalue weighted by Crippen LogP contribution is -2.47. The lowest BCUT2D eigenvalue weighted by Gasteiger charge is -2.44. The predicted octanol–water partition coefficient (Wildman–Crippen LogP) is 2.36. The van der Waals surface area contributed by atoms with Crippen LogP contribution in [0.15, 0.2) is 0 Å². The van der Waals surface area contributed by atoms with Crippen LogP contribution in [0.3, 0.4) is 0 Å². The van der Waals surface area contributed by atoms with Gasteiger partial charge in [0.1, 0.15) is 0 Å². The van der Waals surface area contributed by atoms with Crippen LogP contribution in [0, 0.1) is 5.41 Å². The molecule has 1 N–H and O–H groups in total. The van der Waals surface area contributed by atoms with Gasteiger partial charge in [-0.15, -0.1) is 12.4 Å². The SMILES string of the molecule is Cl.O=C(CC1CCCCO1)N1CCC2(CCNCC2)CC1. The van der Waals surface area contributed by atoms with Gasteiger partial charge in [-0.3, -0.25) is 4.79 Å². The van der Waals surface area contributed by atoms with Crippen molar-refractivity contribution < 1.29 is 9.53 Å². The van der Waals surface area contributed by atoms with Crippen LogP contribution in [-0.2, 0) is 9.53 Å². The van der Waals surface area contributed by atoms with Crippen molar-refractivity contribution in [3.63, 3.8) is 0 Å². The van der Waals surface area contributed by atoms with E-state index in [4.69, 9.17) is 4.74 Å². The van der Waals surface area contributed by atoms with Gasteiger partial charge in [0.15, 0.2) is 0 Å². The van der Waals surface area contributed by atoms with Crippen molar-refractivity contribution in [1.82, 2.24) is 10.2 Å². The molecule has 0 aromatic carbocycles. The molecular weight excluding hydrogens is 288 g/mol. The molecule has 3 heterocycles. The molecule has 0 saturated carbocycles. The Hall–Kier alpha value is -0.320. The van der Waals surface area contributed by atoms with Gasteiger partial charge in [-0.1, -0.05) is 0 Å². The van der Waals surface area contributed by atoms with Gasteiger partial charge >= 0.3 is 0 Å². The number of amides is 1. The molecule has 3 aliphatic rings. The van der Waals surface area contributed by atoms with Crippen molar-refractivity contribution in [1.29, 1.82) is 0 Å². The van der Waals surface area contributed by atoms with Gasteiger partial charge < -0.3 is 15.0 Å². The topological polar surface area (TPSA) is 41.6 Å². The Labute approximate surface area is 134 Å². The second-order valence-electron chi connectivity index (χ2n) is 6.82. The Balaban J connectivity index is 0.00000161. The van der Waals surface area contributed by atoms with Crippen LogP contribution in [0.25, 0.3) is 0 Å². The molecule has 1 atom stereocenters.